The zero-order chi connectivity index (χ0) is 19.2. The van der Waals surface area contributed by atoms with Gasteiger partial charge in [-0.2, -0.15) is 0 Å². The van der Waals surface area contributed by atoms with Gasteiger partial charge in [-0.05, 0) is 72.1 Å². The zero-order valence-corrected chi connectivity index (χ0v) is 17.4. The molecule has 0 N–H and O–H groups in total. The van der Waals surface area contributed by atoms with E-state index in [-0.39, 0.29) is 5.92 Å². The molecule has 6 nitrogen and oxygen atoms in total. The molecule has 0 aromatic carbocycles. The Morgan fingerprint density at radius 2 is 1.59 bits per heavy atom. The summed E-state index contributed by atoms with van der Waals surface area (Å²) in [5.74, 6) is 0.907. The molecule has 154 valence electrons. The Bertz CT molecular complexity index is 496. The first-order valence-electron chi connectivity index (χ1n) is 11.0. The minimum atomic E-state index is 0.197. The summed E-state index contributed by atoms with van der Waals surface area (Å²) < 4.78 is 0. The number of amides is 2. The second-order valence-electron chi connectivity index (χ2n) is 8.89. The van der Waals surface area contributed by atoms with E-state index in [1.54, 1.807) is 0 Å². The summed E-state index contributed by atoms with van der Waals surface area (Å²) in [5.41, 5.74) is 0. The Kier molecular flexibility index (Phi) is 7.53. The van der Waals surface area contributed by atoms with E-state index in [1.807, 2.05) is 0 Å². The summed E-state index contributed by atoms with van der Waals surface area (Å²) in [7, 11) is 4.10. The number of carbonyl (C=O) groups excluding carboxylic acids is 2. The molecule has 0 bridgehead atoms. The van der Waals surface area contributed by atoms with Crippen molar-refractivity contribution in [3.8, 4) is 0 Å². The number of hydrogen-bond acceptors (Lipinski definition) is 4. The van der Waals surface area contributed by atoms with Crippen LogP contribution in [0, 0.1) is 5.92 Å². The van der Waals surface area contributed by atoms with Gasteiger partial charge in [0.25, 0.3) is 0 Å². The smallest absolute Gasteiger partial charge is 0.226 e. The molecular weight excluding hydrogens is 340 g/mol. The van der Waals surface area contributed by atoms with Crippen LogP contribution in [0.2, 0.25) is 0 Å². The van der Waals surface area contributed by atoms with E-state index in [0.717, 1.165) is 77.9 Å². The third kappa shape index (κ3) is 5.67. The summed E-state index contributed by atoms with van der Waals surface area (Å²) >= 11 is 0. The maximum absolute atomic E-state index is 12.8. The van der Waals surface area contributed by atoms with Gasteiger partial charge in [-0.3, -0.25) is 14.5 Å². The van der Waals surface area contributed by atoms with Crippen molar-refractivity contribution in [2.45, 2.75) is 57.4 Å². The Morgan fingerprint density at radius 3 is 2.26 bits per heavy atom. The van der Waals surface area contributed by atoms with Crippen LogP contribution in [0.3, 0.4) is 0 Å². The van der Waals surface area contributed by atoms with Gasteiger partial charge in [0.1, 0.15) is 0 Å². The number of nitrogens with zero attached hydrogens (tertiary/aromatic N) is 4. The molecule has 3 heterocycles. The Balaban J connectivity index is 1.42. The van der Waals surface area contributed by atoms with Gasteiger partial charge in [-0.1, -0.05) is 0 Å². The first-order valence-corrected chi connectivity index (χ1v) is 11.0. The van der Waals surface area contributed by atoms with Gasteiger partial charge in [0, 0.05) is 45.2 Å². The van der Waals surface area contributed by atoms with E-state index in [9.17, 15) is 9.59 Å². The lowest BCUT2D eigenvalue weighted by molar-refractivity contribution is -0.136. The molecule has 2 amide bonds. The van der Waals surface area contributed by atoms with Crippen LogP contribution in [0.25, 0.3) is 0 Å². The van der Waals surface area contributed by atoms with Crippen LogP contribution in [-0.4, -0.2) is 97.4 Å². The molecule has 0 aromatic rings. The van der Waals surface area contributed by atoms with Gasteiger partial charge >= 0.3 is 0 Å². The SMILES string of the molecule is CN(C)CCCC(=O)N1CCC(N2CCCC(C(=O)N3CCCC3)C2)CC1. The standard InChI is InChI=1S/C21H38N4O2/c1-22(2)11-6-8-20(26)23-15-9-19(10-16-23)25-14-5-7-18(17-25)21(27)24-12-3-4-13-24/h18-19H,3-17H2,1-2H3. The molecule has 3 aliphatic rings. The van der Waals surface area contributed by atoms with Crippen molar-refractivity contribution in [3.05, 3.63) is 0 Å². The third-order valence-corrected chi connectivity index (χ3v) is 6.55. The van der Waals surface area contributed by atoms with E-state index < -0.39 is 0 Å². The van der Waals surface area contributed by atoms with Gasteiger partial charge in [0.15, 0.2) is 0 Å². The van der Waals surface area contributed by atoms with E-state index in [4.69, 9.17) is 0 Å². The van der Waals surface area contributed by atoms with Crippen LogP contribution in [0.1, 0.15) is 51.4 Å². The maximum Gasteiger partial charge on any atom is 0.226 e. The summed E-state index contributed by atoms with van der Waals surface area (Å²) in [4.78, 5) is 34.0. The van der Waals surface area contributed by atoms with Crippen molar-refractivity contribution in [1.82, 2.24) is 19.6 Å². The maximum atomic E-state index is 12.8. The fourth-order valence-corrected chi connectivity index (χ4v) is 4.92. The number of likely N-dealkylation sites (tertiary alicyclic amines) is 3. The van der Waals surface area contributed by atoms with Crippen LogP contribution >= 0.6 is 0 Å². The summed E-state index contributed by atoms with van der Waals surface area (Å²) in [6.07, 6.45) is 8.25. The lowest BCUT2D eigenvalue weighted by Gasteiger charge is -2.42. The highest BCUT2D eigenvalue weighted by molar-refractivity contribution is 5.79. The van der Waals surface area contributed by atoms with Crippen LogP contribution < -0.4 is 0 Å². The van der Waals surface area contributed by atoms with Gasteiger partial charge < -0.3 is 14.7 Å². The van der Waals surface area contributed by atoms with Crippen LogP contribution in [0.4, 0.5) is 0 Å². The highest BCUT2D eigenvalue weighted by atomic mass is 16.2. The Hall–Kier alpha value is -1.14. The molecule has 0 aliphatic carbocycles. The first kappa shape index (κ1) is 20.6. The molecule has 6 heteroatoms. The van der Waals surface area contributed by atoms with Crippen molar-refractivity contribution >= 4 is 11.8 Å². The number of hydrogen-bond donors (Lipinski definition) is 0. The minimum absolute atomic E-state index is 0.197. The molecule has 0 spiro atoms. The second-order valence-corrected chi connectivity index (χ2v) is 8.89. The molecule has 0 saturated carbocycles. The lowest BCUT2D eigenvalue weighted by Crippen LogP contribution is -2.51. The average molecular weight is 379 g/mol. The topological polar surface area (TPSA) is 47.1 Å². The number of piperidine rings is 2. The van der Waals surface area contributed by atoms with Crippen LogP contribution in [0.15, 0.2) is 0 Å². The van der Waals surface area contributed by atoms with Crippen molar-refractivity contribution in [2.24, 2.45) is 5.92 Å². The summed E-state index contributed by atoms with van der Waals surface area (Å²) in [6.45, 7) is 6.71. The first-order chi connectivity index (χ1) is 13.0. The second kappa shape index (κ2) is 9.87. The fraction of sp³-hybridized carbons (Fsp3) is 0.905. The van der Waals surface area contributed by atoms with E-state index >= 15 is 0 Å². The quantitative estimate of drug-likeness (QED) is 0.705. The number of carbonyl (C=O) groups is 2. The average Bonchev–Trinajstić information content (AvgIpc) is 3.22. The van der Waals surface area contributed by atoms with Crippen molar-refractivity contribution in [1.29, 1.82) is 0 Å². The molecule has 0 aromatic heterocycles. The zero-order valence-electron chi connectivity index (χ0n) is 17.4. The highest BCUT2D eigenvalue weighted by Crippen LogP contribution is 2.26. The Morgan fingerprint density at radius 1 is 0.889 bits per heavy atom. The molecule has 1 atom stereocenters. The monoisotopic (exact) mass is 378 g/mol. The Labute approximate surface area is 164 Å². The summed E-state index contributed by atoms with van der Waals surface area (Å²) in [6, 6.07) is 0.546. The van der Waals surface area contributed by atoms with Gasteiger partial charge in [-0.15, -0.1) is 0 Å². The van der Waals surface area contributed by atoms with Crippen LogP contribution in [-0.2, 0) is 9.59 Å². The lowest BCUT2D eigenvalue weighted by atomic mass is 9.93. The minimum Gasteiger partial charge on any atom is -0.343 e. The molecular formula is C21H38N4O2. The van der Waals surface area contributed by atoms with E-state index in [1.165, 1.54) is 12.8 Å². The molecule has 3 saturated heterocycles. The van der Waals surface area contributed by atoms with E-state index in [0.29, 0.717) is 24.3 Å². The predicted molar refractivity (Wildman–Crippen MR) is 108 cm³/mol. The van der Waals surface area contributed by atoms with Crippen molar-refractivity contribution < 1.29 is 9.59 Å². The van der Waals surface area contributed by atoms with Gasteiger partial charge in [0.2, 0.25) is 11.8 Å². The molecule has 1 unspecified atom stereocenters. The molecule has 3 aliphatic heterocycles. The van der Waals surface area contributed by atoms with Crippen molar-refractivity contribution in [3.63, 3.8) is 0 Å². The van der Waals surface area contributed by atoms with Gasteiger partial charge in [0.05, 0.1) is 5.92 Å². The predicted octanol–water partition coefficient (Wildman–Crippen LogP) is 1.65. The summed E-state index contributed by atoms with van der Waals surface area (Å²) in [5, 5.41) is 0. The molecule has 27 heavy (non-hydrogen) atoms. The molecule has 0 radical (unpaired) electrons. The van der Waals surface area contributed by atoms with Gasteiger partial charge in [-0.25, -0.2) is 0 Å². The van der Waals surface area contributed by atoms with Crippen LogP contribution in [0.5, 0.6) is 0 Å². The third-order valence-electron chi connectivity index (χ3n) is 6.55. The normalized spacial score (nSPS) is 25.4. The highest BCUT2D eigenvalue weighted by Gasteiger charge is 2.34. The van der Waals surface area contributed by atoms with Crippen molar-refractivity contribution in [2.75, 3.05) is 59.9 Å². The molecule has 3 rings (SSSR count). The molecule has 3 fully saturated rings. The largest absolute Gasteiger partial charge is 0.343 e. The fourth-order valence-electron chi connectivity index (χ4n) is 4.92. The van der Waals surface area contributed by atoms with E-state index in [2.05, 4.69) is 33.7 Å². The number of rotatable bonds is 6.